The van der Waals surface area contributed by atoms with Crippen LogP contribution in [-0.2, 0) is 4.74 Å². The molecule has 0 fully saturated rings. The number of nitrogens with one attached hydrogen (secondary N) is 1. The third-order valence-electron chi connectivity index (χ3n) is 3.35. The van der Waals surface area contributed by atoms with Crippen molar-refractivity contribution in [2.45, 2.75) is 63.9 Å². The summed E-state index contributed by atoms with van der Waals surface area (Å²) in [5, 5.41) is 11.4. The summed E-state index contributed by atoms with van der Waals surface area (Å²) in [4.78, 5) is 11.7. The number of hydrogen-bond acceptors (Lipinski definition) is 3. The van der Waals surface area contributed by atoms with Crippen LogP contribution in [0.15, 0.2) is 17.9 Å². The van der Waals surface area contributed by atoms with Crippen molar-refractivity contribution in [2.75, 3.05) is 13.2 Å². The SMILES string of the molecule is O=C(NCCCCCCO)OC1C=C=CCCCCC1. The molecule has 0 spiro atoms. The summed E-state index contributed by atoms with van der Waals surface area (Å²) >= 11 is 0. The molecule has 1 amide bonds. The van der Waals surface area contributed by atoms with Gasteiger partial charge in [-0.2, -0.15) is 0 Å². The van der Waals surface area contributed by atoms with E-state index in [1.165, 1.54) is 12.8 Å². The zero-order chi connectivity index (χ0) is 14.5. The quantitative estimate of drug-likeness (QED) is 0.556. The minimum absolute atomic E-state index is 0.154. The van der Waals surface area contributed by atoms with E-state index in [4.69, 9.17) is 9.84 Å². The number of carbonyl (C=O) groups is 1. The Labute approximate surface area is 121 Å². The van der Waals surface area contributed by atoms with Crippen LogP contribution in [0.4, 0.5) is 4.79 Å². The van der Waals surface area contributed by atoms with Crippen LogP contribution in [0, 0.1) is 0 Å². The maximum absolute atomic E-state index is 11.7. The van der Waals surface area contributed by atoms with Crippen LogP contribution in [-0.4, -0.2) is 30.5 Å². The molecule has 114 valence electrons. The van der Waals surface area contributed by atoms with Gasteiger partial charge in [-0.25, -0.2) is 4.79 Å². The number of unbranched alkanes of at least 4 members (excludes halogenated alkanes) is 3. The van der Waals surface area contributed by atoms with Crippen molar-refractivity contribution in [1.29, 1.82) is 0 Å². The van der Waals surface area contributed by atoms with Crippen LogP contribution >= 0.6 is 0 Å². The van der Waals surface area contributed by atoms with Gasteiger partial charge in [0, 0.05) is 13.2 Å². The predicted molar refractivity (Wildman–Crippen MR) is 79.6 cm³/mol. The first-order valence-electron chi connectivity index (χ1n) is 7.79. The Kier molecular flexibility index (Phi) is 9.72. The molecule has 4 nitrogen and oxygen atoms in total. The first kappa shape index (κ1) is 16.8. The fourth-order valence-electron chi connectivity index (χ4n) is 2.16. The number of carbonyl (C=O) groups excluding carboxylic acids is 1. The fourth-order valence-corrected chi connectivity index (χ4v) is 2.16. The van der Waals surface area contributed by atoms with E-state index < -0.39 is 0 Å². The van der Waals surface area contributed by atoms with Gasteiger partial charge in [-0.1, -0.05) is 19.3 Å². The Morgan fingerprint density at radius 1 is 1.25 bits per heavy atom. The van der Waals surface area contributed by atoms with E-state index >= 15 is 0 Å². The van der Waals surface area contributed by atoms with E-state index in [0.717, 1.165) is 44.9 Å². The van der Waals surface area contributed by atoms with Crippen LogP contribution in [0.1, 0.15) is 57.8 Å². The Bertz CT molecular complexity index is 322. The van der Waals surface area contributed by atoms with Gasteiger partial charge in [0.25, 0.3) is 0 Å². The van der Waals surface area contributed by atoms with Crippen LogP contribution in [0.5, 0.6) is 0 Å². The number of ether oxygens (including phenoxy) is 1. The number of aliphatic hydroxyl groups excluding tert-OH is 1. The molecular weight excluding hydrogens is 254 g/mol. The zero-order valence-corrected chi connectivity index (χ0v) is 12.3. The van der Waals surface area contributed by atoms with Crippen molar-refractivity contribution in [3.05, 3.63) is 17.9 Å². The molecule has 0 saturated carbocycles. The van der Waals surface area contributed by atoms with E-state index in [-0.39, 0.29) is 18.8 Å². The lowest BCUT2D eigenvalue weighted by molar-refractivity contribution is 0.114. The molecule has 1 aliphatic rings. The monoisotopic (exact) mass is 281 g/mol. The first-order valence-corrected chi connectivity index (χ1v) is 7.79. The van der Waals surface area contributed by atoms with Crippen LogP contribution < -0.4 is 5.32 Å². The summed E-state index contributed by atoms with van der Waals surface area (Å²) in [7, 11) is 0. The average Bonchev–Trinajstić information content (AvgIpc) is 2.57. The largest absolute Gasteiger partial charge is 0.441 e. The molecule has 0 saturated heterocycles. The van der Waals surface area contributed by atoms with E-state index in [1.807, 2.05) is 12.2 Å². The topological polar surface area (TPSA) is 58.6 Å². The number of aliphatic hydroxyl groups is 1. The Balaban J connectivity index is 2.14. The second kappa shape index (κ2) is 11.6. The summed E-state index contributed by atoms with van der Waals surface area (Å²) in [6.07, 6.45) is 12.6. The highest BCUT2D eigenvalue weighted by Gasteiger charge is 2.11. The van der Waals surface area contributed by atoms with Crippen molar-refractivity contribution < 1.29 is 14.6 Å². The van der Waals surface area contributed by atoms with Crippen LogP contribution in [0.25, 0.3) is 0 Å². The molecule has 1 atom stereocenters. The highest BCUT2D eigenvalue weighted by molar-refractivity contribution is 5.67. The normalized spacial score (nSPS) is 18.9. The fraction of sp³-hybridized carbons (Fsp3) is 0.750. The van der Waals surface area contributed by atoms with E-state index in [2.05, 4.69) is 11.0 Å². The van der Waals surface area contributed by atoms with Gasteiger partial charge in [-0.3, -0.25) is 0 Å². The van der Waals surface area contributed by atoms with Crippen molar-refractivity contribution in [3.63, 3.8) is 0 Å². The molecule has 0 bridgehead atoms. The molecule has 2 N–H and O–H groups in total. The highest BCUT2D eigenvalue weighted by atomic mass is 16.6. The van der Waals surface area contributed by atoms with Gasteiger partial charge >= 0.3 is 6.09 Å². The van der Waals surface area contributed by atoms with Gasteiger partial charge in [-0.05, 0) is 50.7 Å². The minimum Gasteiger partial charge on any atom is -0.441 e. The molecule has 1 rings (SSSR count). The summed E-state index contributed by atoms with van der Waals surface area (Å²) < 4.78 is 5.38. The van der Waals surface area contributed by atoms with E-state index in [9.17, 15) is 4.79 Å². The van der Waals surface area contributed by atoms with Crippen molar-refractivity contribution in [3.8, 4) is 0 Å². The number of amides is 1. The van der Waals surface area contributed by atoms with E-state index in [0.29, 0.717) is 6.54 Å². The molecule has 0 aromatic carbocycles. The van der Waals surface area contributed by atoms with Gasteiger partial charge < -0.3 is 15.2 Å². The maximum Gasteiger partial charge on any atom is 0.407 e. The lowest BCUT2D eigenvalue weighted by Crippen LogP contribution is -2.29. The molecule has 0 aromatic rings. The van der Waals surface area contributed by atoms with Gasteiger partial charge in [-0.15, -0.1) is 5.73 Å². The van der Waals surface area contributed by atoms with Crippen molar-refractivity contribution >= 4 is 6.09 Å². The third kappa shape index (κ3) is 8.78. The predicted octanol–water partition coefficient (Wildman–Crippen LogP) is 3.31. The number of alkyl carbamates (subject to hydrolysis) is 1. The molecule has 1 unspecified atom stereocenters. The minimum atomic E-state index is -0.338. The van der Waals surface area contributed by atoms with Gasteiger partial charge in [0.15, 0.2) is 0 Å². The summed E-state index contributed by atoms with van der Waals surface area (Å²) in [5.41, 5.74) is 3.09. The van der Waals surface area contributed by atoms with Gasteiger partial charge in [0.2, 0.25) is 0 Å². The molecular formula is C16H27NO3. The van der Waals surface area contributed by atoms with Crippen molar-refractivity contribution in [1.82, 2.24) is 5.32 Å². The standard InChI is InChI=1S/C16H27NO3/c18-14-10-6-5-9-13-17-16(19)20-15-11-7-3-1-2-4-8-12-15/h3,11,15,18H,1-2,4-6,8-10,12-14H2,(H,17,19). The van der Waals surface area contributed by atoms with Crippen LogP contribution in [0.3, 0.4) is 0 Å². The number of rotatable bonds is 7. The van der Waals surface area contributed by atoms with Gasteiger partial charge in [0.1, 0.15) is 6.10 Å². The maximum atomic E-state index is 11.7. The summed E-state index contributed by atoms with van der Waals surface area (Å²) in [5.74, 6) is 0. The molecule has 1 aliphatic carbocycles. The Morgan fingerprint density at radius 3 is 2.95 bits per heavy atom. The second-order valence-corrected chi connectivity index (χ2v) is 5.18. The van der Waals surface area contributed by atoms with Gasteiger partial charge in [0.05, 0.1) is 0 Å². The molecule has 0 radical (unpaired) electrons. The summed E-state index contributed by atoms with van der Waals surface area (Å²) in [6, 6.07) is 0. The summed E-state index contributed by atoms with van der Waals surface area (Å²) in [6.45, 7) is 0.882. The Hall–Kier alpha value is -1.25. The number of hydrogen-bond donors (Lipinski definition) is 2. The lowest BCUT2D eigenvalue weighted by Gasteiger charge is -2.14. The highest BCUT2D eigenvalue weighted by Crippen LogP contribution is 2.12. The zero-order valence-electron chi connectivity index (χ0n) is 12.3. The molecule has 4 heteroatoms. The molecule has 0 aromatic heterocycles. The third-order valence-corrected chi connectivity index (χ3v) is 3.35. The molecule has 0 heterocycles. The van der Waals surface area contributed by atoms with E-state index in [1.54, 1.807) is 0 Å². The Morgan fingerprint density at radius 2 is 2.10 bits per heavy atom. The average molecular weight is 281 g/mol. The smallest absolute Gasteiger partial charge is 0.407 e. The molecule has 20 heavy (non-hydrogen) atoms. The second-order valence-electron chi connectivity index (χ2n) is 5.18. The first-order chi connectivity index (χ1) is 9.83. The lowest BCUT2D eigenvalue weighted by atomic mass is 10.1. The van der Waals surface area contributed by atoms with Crippen LogP contribution in [0.2, 0.25) is 0 Å². The molecule has 0 aliphatic heterocycles. The van der Waals surface area contributed by atoms with Crippen molar-refractivity contribution in [2.24, 2.45) is 0 Å².